The fraction of sp³-hybridized carbons (Fsp3) is 0.286. The highest BCUT2D eigenvalue weighted by atomic mass is 35.5. The van der Waals surface area contributed by atoms with Crippen molar-refractivity contribution in [3.8, 4) is 5.75 Å². The third-order valence-corrected chi connectivity index (χ3v) is 2.99. The number of hydrogen-bond acceptors (Lipinski definition) is 3. The molecule has 4 nitrogen and oxygen atoms in total. The van der Waals surface area contributed by atoms with Gasteiger partial charge in [0.15, 0.2) is 0 Å². The number of nitrogens with one attached hydrogen (secondary N) is 1. The summed E-state index contributed by atoms with van der Waals surface area (Å²) < 4.78 is 5.23. The number of carbonyl (C=O) groups excluding carboxylic acids is 1. The van der Waals surface area contributed by atoms with Gasteiger partial charge >= 0.3 is 0 Å². The minimum absolute atomic E-state index is 0.0687. The number of hydrogen-bond donors (Lipinski definition) is 1. The molecular weight excluding hydrogens is 264 g/mol. The predicted octanol–water partition coefficient (Wildman–Crippen LogP) is 3.20. The van der Waals surface area contributed by atoms with E-state index < -0.39 is 0 Å². The molecule has 0 radical (unpaired) electrons. The summed E-state index contributed by atoms with van der Waals surface area (Å²) in [6.07, 6.45) is 2.75. The van der Waals surface area contributed by atoms with Crippen molar-refractivity contribution in [1.29, 1.82) is 0 Å². The van der Waals surface area contributed by atoms with Gasteiger partial charge in [-0.25, -0.2) is 0 Å². The number of amides is 1. The maximum absolute atomic E-state index is 11.8. The van der Waals surface area contributed by atoms with Crippen LogP contribution in [0.1, 0.15) is 12.8 Å². The minimum atomic E-state index is -0.0687. The van der Waals surface area contributed by atoms with E-state index in [0.29, 0.717) is 30.2 Å². The van der Waals surface area contributed by atoms with Gasteiger partial charge in [-0.15, -0.1) is 11.6 Å². The molecule has 19 heavy (non-hydrogen) atoms. The third-order valence-electron chi connectivity index (χ3n) is 2.73. The van der Waals surface area contributed by atoms with Gasteiger partial charge in [-0.3, -0.25) is 9.78 Å². The quantitative estimate of drug-likeness (QED) is 0.855. The molecule has 0 bridgehead atoms. The number of rotatable bonds is 5. The Morgan fingerprint density at radius 1 is 1.47 bits per heavy atom. The highest BCUT2D eigenvalue weighted by Gasteiger charge is 2.09. The Labute approximate surface area is 116 Å². The van der Waals surface area contributed by atoms with E-state index in [0.717, 1.165) is 10.9 Å². The zero-order valence-corrected chi connectivity index (χ0v) is 11.4. The van der Waals surface area contributed by atoms with Gasteiger partial charge in [0.05, 0.1) is 18.3 Å². The van der Waals surface area contributed by atoms with Crippen molar-refractivity contribution in [2.75, 3.05) is 18.3 Å². The molecule has 1 heterocycles. The monoisotopic (exact) mass is 278 g/mol. The first-order valence-corrected chi connectivity index (χ1v) is 6.56. The third kappa shape index (κ3) is 3.35. The van der Waals surface area contributed by atoms with E-state index in [1.54, 1.807) is 19.4 Å². The Kier molecular flexibility index (Phi) is 4.58. The van der Waals surface area contributed by atoms with Crippen molar-refractivity contribution in [3.05, 3.63) is 30.5 Å². The van der Waals surface area contributed by atoms with Crippen LogP contribution in [0.5, 0.6) is 5.75 Å². The molecule has 1 aromatic carbocycles. The normalized spacial score (nSPS) is 10.4. The molecule has 100 valence electrons. The number of anilines is 1. The Morgan fingerprint density at radius 3 is 3.05 bits per heavy atom. The van der Waals surface area contributed by atoms with Gasteiger partial charge in [-0.05, 0) is 18.6 Å². The van der Waals surface area contributed by atoms with Crippen LogP contribution in [-0.2, 0) is 4.79 Å². The van der Waals surface area contributed by atoms with E-state index in [-0.39, 0.29) is 5.91 Å². The van der Waals surface area contributed by atoms with Crippen LogP contribution < -0.4 is 10.1 Å². The average molecular weight is 279 g/mol. The molecule has 1 aromatic heterocycles. The summed E-state index contributed by atoms with van der Waals surface area (Å²) in [7, 11) is 1.59. The molecule has 5 heteroatoms. The Balaban J connectivity index is 2.32. The summed E-state index contributed by atoms with van der Waals surface area (Å²) in [6.45, 7) is 0. The van der Waals surface area contributed by atoms with E-state index in [4.69, 9.17) is 16.3 Å². The van der Waals surface area contributed by atoms with Crippen LogP contribution in [-0.4, -0.2) is 23.9 Å². The van der Waals surface area contributed by atoms with Gasteiger partial charge in [0.2, 0.25) is 5.91 Å². The Hall–Kier alpha value is -1.81. The topological polar surface area (TPSA) is 51.2 Å². The zero-order chi connectivity index (χ0) is 13.7. The fourth-order valence-corrected chi connectivity index (χ4v) is 1.95. The molecule has 0 unspecified atom stereocenters. The molecule has 0 aliphatic rings. The summed E-state index contributed by atoms with van der Waals surface area (Å²) >= 11 is 5.58. The summed E-state index contributed by atoms with van der Waals surface area (Å²) in [5.74, 6) is 1.10. The summed E-state index contributed by atoms with van der Waals surface area (Å²) in [5.41, 5.74) is 1.41. The first kappa shape index (κ1) is 13.6. The van der Waals surface area contributed by atoms with E-state index in [2.05, 4.69) is 10.3 Å². The maximum Gasteiger partial charge on any atom is 0.224 e. The number of halogens is 1. The minimum Gasteiger partial charge on any atom is -0.497 e. The molecule has 0 aliphatic carbocycles. The Bertz CT molecular complexity index is 587. The van der Waals surface area contributed by atoms with Crippen molar-refractivity contribution >= 4 is 34.1 Å². The van der Waals surface area contributed by atoms with E-state index in [1.165, 1.54) is 0 Å². The second kappa shape index (κ2) is 6.38. The van der Waals surface area contributed by atoms with Crippen LogP contribution in [0, 0.1) is 0 Å². The number of nitrogens with zero attached hydrogens (tertiary/aromatic N) is 1. The number of pyridine rings is 1. The molecule has 0 fully saturated rings. The molecular formula is C14H15ClN2O2. The SMILES string of the molecule is COc1cc(NC(=O)CCCCl)c2ncccc2c1. The summed E-state index contributed by atoms with van der Waals surface area (Å²) in [6, 6.07) is 7.44. The zero-order valence-electron chi connectivity index (χ0n) is 10.6. The molecule has 0 saturated heterocycles. The van der Waals surface area contributed by atoms with E-state index in [9.17, 15) is 4.79 Å². The van der Waals surface area contributed by atoms with Crippen molar-refractivity contribution in [1.82, 2.24) is 4.98 Å². The molecule has 0 aliphatic heterocycles. The molecule has 1 N–H and O–H groups in total. The lowest BCUT2D eigenvalue weighted by Gasteiger charge is -2.10. The average Bonchev–Trinajstić information content (AvgIpc) is 2.44. The molecule has 0 atom stereocenters. The van der Waals surface area contributed by atoms with Crippen LogP contribution in [0.15, 0.2) is 30.5 Å². The molecule has 0 saturated carbocycles. The van der Waals surface area contributed by atoms with Gasteiger partial charge in [0, 0.05) is 30.0 Å². The van der Waals surface area contributed by atoms with Crippen molar-refractivity contribution in [2.24, 2.45) is 0 Å². The number of aromatic nitrogens is 1. The fourth-order valence-electron chi connectivity index (χ4n) is 1.82. The lowest BCUT2D eigenvalue weighted by atomic mass is 10.1. The first-order valence-electron chi connectivity index (χ1n) is 6.03. The molecule has 2 rings (SSSR count). The van der Waals surface area contributed by atoms with Gasteiger partial charge in [-0.2, -0.15) is 0 Å². The van der Waals surface area contributed by atoms with Crippen LogP contribution in [0.3, 0.4) is 0 Å². The second-order valence-electron chi connectivity index (χ2n) is 4.09. The number of fused-ring (bicyclic) bond motifs is 1. The lowest BCUT2D eigenvalue weighted by Crippen LogP contribution is -2.12. The van der Waals surface area contributed by atoms with Gasteiger partial charge < -0.3 is 10.1 Å². The van der Waals surface area contributed by atoms with Gasteiger partial charge in [0.25, 0.3) is 0 Å². The largest absolute Gasteiger partial charge is 0.497 e. The van der Waals surface area contributed by atoms with Crippen LogP contribution in [0.2, 0.25) is 0 Å². The maximum atomic E-state index is 11.8. The predicted molar refractivity (Wildman–Crippen MR) is 76.9 cm³/mol. The van der Waals surface area contributed by atoms with Crippen LogP contribution in [0.25, 0.3) is 10.9 Å². The van der Waals surface area contributed by atoms with E-state index >= 15 is 0 Å². The Morgan fingerprint density at radius 2 is 2.32 bits per heavy atom. The number of benzene rings is 1. The number of alkyl halides is 1. The molecule has 0 spiro atoms. The highest BCUT2D eigenvalue weighted by Crippen LogP contribution is 2.27. The standard InChI is InChI=1S/C14H15ClN2O2/c1-19-11-8-10-4-3-7-16-14(10)12(9-11)17-13(18)5-2-6-15/h3-4,7-9H,2,5-6H2,1H3,(H,17,18). The van der Waals surface area contributed by atoms with Crippen molar-refractivity contribution in [2.45, 2.75) is 12.8 Å². The number of carbonyl (C=O) groups is 1. The van der Waals surface area contributed by atoms with Crippen LogP contribution >= 0.6 is 11.6 Å². The second-order valence-corrected chi connectivity index (χ2v) is 4.47. The summed E-state index contributed by atoms with van der Waals surface area (Å²) in [4.78, 5) is 16.1. The summed E-state index contributed by atoms with van der Waals surface area (Å²) in [5, 5.41) is 3.78. The van der Waals surface area contributed by atoms with Crippen molar-refractivity contribution < 1.29 is 9.53 Å². The van der Waals surface area contributed by atoms with Gasteiger partial charge in [-0.1, -0.05) is 6.07 Å². The molecule has 1 amide bonds. The van der Waals surface area contributed by atoms with Crippen LogP contribution in [0.4, 0.5) is 5.69 Å². The lowest BCUT2D eigenvalue weighted by molar-refractivity contribution is -0.116. The number of ether oxygens (including phenoxy) is 1. The smallest absolute Gasteiger partial charge is 0.224 e. The van der Waals surface area contributed by atoms with Crippen molar-refractivity contribution in [3.63, 3.8) is 0 Å². The highest BCUT2D eigenvalue weighted by molar-refractivity contribution is 6.18. The molecule has 2 aromatic rings. The van der Waals surface area contributed by atoms with Gasteiger partial charge in [0.1, 0.15) is 5.75 Å². The number of methoxy groups -OCH3 is 1. The first-order chi connectivity index (χ1) is 9.24. The van der Waals surface area contributed by atoms with E-state index in [1.807, 2.05) is 18.2 Å².